The molecule has 0 fully saturated rings. The first-order chi connectivity index (χ1) is 66.0. The van der Waals surface area contributed by atoms with Crippen LogP contribution in [0.2, 0.25) is 0 Å². The fourth-order valence-electron chi connectivity index (χ4n) is 24.8. The maximum atomic E-state index is 18.5. The molecule has 2 aromatic heterocycles. The average Bonchev–Trinajstić information content (AvgIpc) is 1.53. The smallest absolute Gasteiger partial charge is 0.200 e. The quantitative estimate of drug-likeness (QED) is 0.0720. The van der Waals surface area contributed by atoms with Crippen LogP contribution in [0.25, 0.3) is 88.8 Å². The van der Waals surface area contributed by atoms with E-state index >= 15 is 132 Å². The monoisotopic (exact) mass is 1930 g/mol. The van der Waals surface area contributed by atoms with Gasteiger partial charge in [0.1, 0.15) is 0 Å². The molecule has 9 aromatic rings. The van der Waals surface area contributed by atoms with E-state index in [0.29, 0.717) is 0 Å². The summed E-state index contributed by atoms with van der Waals surface area (Å²) >= 11 is 0. The molecule has 7 aromatic carbocycles. The van der Waals surface area contributed by atoms with Gasteiger partial charge in [-0.25, -0.2) is 152 Å². The number of nitrogens with zero attached hydrogens (tertiary/aromatic N) is 4. The van der Waals surface area contributed by atoms with Crippen LogP contribution >= 0.6 is 0 Å². The Bertz CT molecular complexity index is 8290. The number of nitrogens with one attached hydrogen (secondary N) is 2. The second-order valence-electron chi connectivity index (χ2n) is 36.9. The van der Waals surface area contributed by atoms with Gasteiger partial charge in [0.2, 0.25) is 34.9 Å². The van der Waals surface area contributed by atoms with E-state index < -0.39 is 445 Å². The normalized spacial score (nSPS) is 22.7. The van der Waals surface area contributed by atoms with E-state index in [1.54, 1.807) is 0 Å². The lowest BCUT2D eigenvalue weighted by Gasteiger charge is -2.33. The highest BCUT2D eigenvalue weighted by molar-refractivity contribution is 6.04. The molecule has 0 saturated heterocycles. The van der Waals surface area contributed by atoms with Crippen LogP contribution in [0.5, 0.6) is 0 Å². The SMILES string of the molecule is Fc1c(F)c(F)c(-c2c3c4c(c(c(-c5c(F)c(F)c(F)c(F)c5F)c5c6c(c(c(-c7c(F)c(F)c(F)c(F)c7F)c7[nH]c(c8c7C7C=CC8CC7)c(-c7c(F)c(F)c(F)c(F)c7F)c7c8c(c(c(-c9c(F)c(F)c(F)c(F)c9F)c9[nH]c(c(-c%10c(F)c(F)c(F)c(F)c%10F)c%10c%11c(c2=N%10)C2C=CC%11CC2)c2c9C9C=CC2CC9)N=7)C2C=CC8CC2)=N5)C2C=CC6CC2)=N3)C2C=CC4CC2)c(F)c1F. The minimum atomic E-state index is -2.87. The van der Waals surface area contributed by atoms with Gasteiger partial charge in [-0.3, -0.25) is 0 Å². The van der Waals surface area contributed by atoms with Crippen LogP contribution in [0.3, 0.4) is 0 Å². The van der Waals surface area contributed by atoms with Gasteiger partial charge < -0.3 is 9.97 Å². The van der Waals surface area contributed by atoms with Gasteiger partial charge in [-0.05, 0) is 144 Å². The summed E-state index contributed by atoms with van der Waals surface area (Å²) in [6.07, 6.45) is 14.3. The van der Waals surface area contributed by atoms with Crippen molar-refractivity contribution >= 4 is 44.8 Å². The summed E-state index contributed by atoms with van der Waals surface area (Å²) in [5.41, 5.74) is -35.0. The van der Waals surface area contributed by atoms with Crippen LogP contribution in [0.1, 0.15) is 215 Å². The zero-order chi connectivity index (χ0) is 96.2. The Morgan fingerprint density at radius 2 is 0.261 bits per heavy atom. The summed E-state index contributed by atoms with van der Waals surface area (Å²) in [6.45, 7) is 0. The molecule has 0 spiro atoms. The van der Waals surface area contributed by atoms with Crippen molar-refractivity contribution in [2.45, 2.75) is 148 Å². The zero-order valence-electron chi connectivity index (χ0n) is 69.5. The lowest BCUT2D eigenvalue weighted by Crippen LogP contribution is -2.24. The Labute approximate surface area is 753 Å². The van der Waals surface area contributed by atoms with E-state index in [4.69, 9.17) is 20.0 Å². The molecule has 0 amide bonds. The molecule has 22 aliphatic rings. The molecule has 698 valence electrons. The standard InChI is InChI=1S/C102H50F30N6/c103-61-49(62(104)74(116)85(127)73(61)115)55-91-37-25-1-2-26(4-3-25)38(37)92(133-91)56(50-63(105)75(117)86(128)76(118)64(50)106)94-41-29-9-11-30(12-10-29)42(41)96(135-94)58(52-67(109)79(121)88(130)80(122)68(52)110)98-45-33-17-19-34(20-18-33)46(45)100(137-98)60(54-71(113)83(125)90(132)84(126)72(54)114)102-48-36-23-21-35(22-24-36)47(48)101(138-102)59(53-69(111)81(123)89(131)82(124)70(53)112)99-44-32-15-13-31(14-16-32)43(44)97(136-99)57(51-65(107)77(119)87(129)78(120)66(51)108)95-40-28-7-5-27(6-8-28)39(40)93(55)134-95/h1-2,5,7,9,11,13,15,17,19,21,23,25-36,133,136H,3-4,6,8,10,12,14,16,18,20,22,24H2. The third-order valence-corrected chi connectivity index (χ3v) is 30.5. The Kier molecular flexibility index (Phi) is 18.5. The number of rotatable bonds is 6. The summed E-state index contributed by atoms with van der Waals surface area (Å²) in [5.74, 6) is -101. The molecular formula is C102H50F30N6. The topological polar surface area (TPSA) is 81.0 Å². The number of fused-ring (bicyclic) bond motifs is 6. The van der Waals surface area contributed by atoms with E-state index in [-0.39, 0.29) is 77.0 Å². The van der Waals surface area contributed by atoms with Crippen molar-refractivity contribution in [3.63, 3.8) is 0 Å². The maximum absolute atomic E-state index is 18.5. The van der Waals surface area contributed by atoms with Crippen LogP contribution in [0.4, 0.5) is 154 Å². The zero-order valence-corrected chi connectivity index (χ0v) is 69.5. The van der Waals surface area contributed by atoms with E-state index in [0.717, 1.165) is 0 Å². The Hall–Kier alpha value is -13.4. The summed E-state index contributed by atoms with van der Waals surface area (Å²) in [4.78, 5) is 25.4. The predicted octanol–water partition coefficient (Wildman–Crippen LogP) is 28.7. The van der Waals surface area contributed by atoms with E-state index in [2.05, 4.69) is 9.97 Å². The summed E-state index contributed by atoms with van der Waals surface area (Å²) < 4.78 is 525. The molecule has 0 saturated carbocycles. The van der Waals surface area contributed by atoms with Gasteiger partial charge in [0.05, 0.1) is 99.6 Å². The minimum absolute atomic E-state index is 0.185. The van der Waals surface area contributed by atoms with Gasteiger partial charge in [0.25, 0.3) is 0 Å². The van der Waals surface area contributed by atoms with Crippen molar-refractivity contribution in [3.8, 4) is 66.8 Å². The second kappa shape index (κ2) is 29.6. The van der Waals surface area contributed by atoms with Crippen LogP contribution < -0.4 is 21.4 Å². The second-order valence-corrected chi connectivity index (χ2v) is 36.9. The van der Waals surface area contributed by atoms with Gasteiger partial charge in [-0.15, -0.1) is 0 Å². The van der Waals surface area contributed by atoms with Gasteiger partial charge in [-0.2, -0.15) is 0 Å². The van der Waals surface area contributed by atoms with Gasteiger partial charge >= 0.3 is 0 Å². The lowest BCUT2D eigenvalue weighted by atomic mass is 9.69. The minimum Gasteiger partial charge on any atom is -0.354 e. The molecule has 12 unspecified atom stereocenters. The third kappa shape index (κ3) is 11.0. The summed E-state index contributed by atoms with van der Waals surface area (Å²) in [6, 6.07) is 0. The fraction of sp³-hybridized carbons (Fsp3) is 0.235. The molecule has 138 heavy (non-hydrogen) atoms. The fourth-order valence-corrected chi connectivity index (χ4v) is 24.8. The van der Waals surface area contributed by atoms with Crippen LogP contribution in [-0.2, 0) is 0 Å². The number of H-pyrrole nitrogens is 2. The molecule has 36 heteroatoms. The average molecular weight is 1930 g/mol. The number of halogens is 30. The van der Waals surface area contributed by atoms with Crippen LogP contribution in [-0.4, -0.2) is 9.97 Å². The highest BCUT2D eigenvalue weighted by Crippen LogP contribution is 2.64. The van der Waals surface area contributed by atoms with E-state index in [1.165, 1.54) is 72.9 Å². The highest BCUT2D eigenvalue weighted by atomic mass is 19.2. The molecule has 24 bridgehead atoms. The Morgan fingerprint density at radius 3 is 0.435 bits per heavy atom. The van der Waals surface area contributed by atoms with Crippen molar-refractivity contribution in [1.82, 2.24) is 9.97 Å². The molecule has 2 N–H and O–H groups in total. The van der Waals surface area contributed by atoms with Crippen molar-refractivity contribution in [3.05, 3.63) is 336 Å². The highest BCUT2D eigenvalue weighted by Gasteiger charge is 2.51. The number of hydrogen-bond donors (Lipinski definition) is 2. The van der Waals surface area contributed by atoms with Crippen molar-refractivity contribution < 1.29 is 132 Å². The predicted molar refractivity (Wildman–Crippen MR) is 436 cm³/mol. The van der Waals surface area contributed by atoms with Crippen molar-refractivity contribution in [2.75, 3.05) is 0 Å². The van der Waals surface area contributed by atoms with Gasteiger partial charge in [-0.1, -0.05) is 72.9 Å². The first-order valence-corrected chi connectivity index (χ1v) is 43.8. The molecule has 31 rings (SSSR count). The van der Waals surface area contributed by atoms with E-state index in [1.807, 2.05) is 0 Å². The first kappa shape index (κ1) is 86.2. The molecule has 6 heterocycles. The number of benzene rings is 6. The Balaban J connectivity index is 1.03. The molecular weight excluding hydrogens is 1880 g/mol. The van der Waals surface area contributed by atoms with Gasteiger partial charge in [0.15, 0.2) is 140 Å². The summed E-state index contributed by atoms with van der Waals surface area (Å²) in [5, 5.41) is -4.46. The molecule has 18 aliphatic carbocycles. The number of aromatic amines is 2. The number of aromatic nitrogens is 2. The molecule has 6 nitrogen and oxygen atoms in total. The molecule has 12 atom stereocenters. The first-order valence-electron chi connectivity index (χ1n) is 43.8. The van der Waals surface area contributed by atoms with E-state index in [9.17, 15) is 0 Å². The van der Waals surface area contributed by atoms with Crippen LogP contribution in [0.15, 0.2) is 92.9 Å². The Morgan fingerprint density at radius 1 is 0.138 bits per heavy atom. The van der Waals surface area contributed by atoms with Crippen LogP contribution in [0, 0.1) is 175 Å². The molecule has 4 aliphatic heterocycles. The lowest BCUT2D eigenvalue weighted by molar-refractivity contribution is 0.381. The maximum Gasteiger partial charge on any atom is 0.200 e. The largest absolute Gasteiger partial charge is 0.354 e. The molecule has 0 radical (unpaired) electrons. The number of hydrogen-bond acceptors (Lipinski definition) is 4. The number of allylic oxidation sites excluding steroid dienone is 12. The van der Waals surface area contributed by atoms with Crippen molar-refractivity contribution in [2.24, 2.45) is 20.0 Å². The third-order valence-electron chi connectivity index (χ3n) is 30.5. The van der Waals surface area contributed by atoms with Gasteiger partial charge in [0, 0.05) is 104 Å². The van der Waals surface area contributed by atoms with Crippen molar-refractivity contribution in [1.29, 1.82) is 0 Å². The summed E-state index contributed by atoms with van der Waals surface area (Å²) in [7, 11) is 0.